The van der Waals surface area contributed by atoms with Gasteiger partial charge in [0.25, 0.3) is 0 Å². The predicted octanol–water partition coefficient (Wildman–Crippen LogP) is 3.02. The summed E-state index contributed by atoms with van der Waals surface area (Å²) in [5.41, 5.74) is 1.03. The second-order valence-corrected chi connectivity index (χ2v) is 5.60. The van der Waals surface area contributed by atoms with E-state index in [-0.39, 0.29) is 12.3 Å². The quantitative estimate of drug-likeness (QED) is 0.671. The molecule has 1 aliphatic carbocycles. The van der Waals surface area contributed by atoms with Crippen LogP contribution in [-0.4, -0.2) is 19.2 Å². The van der Waals surface area contributed by atoms with E-state index in [0.29, 0.717) is 11.8 Å². The molecule has 5 heteroatoms. The van der Waals surface area contributed by atoms with Gasteiger partial charge in [0.1, 0.15) is 12.3 Å². The molecule has 1 fully saturated rings. The molecule has 1 aromatic carbocycles. The van der Waals surface area contributed by atoms with Crippen molar-refractivity contribution in [2.45, 2.75) is 26.4 Å². The van der Waals surface area contributed by atoms with Crippen LogP contribution in [0, 0.1) is 11.8 Å². The van der Waals surface area contributed by atoms with Gasteiger partial charge in [-0.05, 0) is 30.2 Å². The summed E-state index contributed by atoms with van der Waals surface area (Å²) in [5.74, 6) is 0.403. The maximum Gasteiger partial charge on any atom is 0.412 e. The number of amides is 1. The highest BCUT2D eigenvalue weighted by Gasteiger charge is 2.26. The third kappa shape index (κ3) is 4.62. The Labute approximate surface area is 130 Å². The highest BCUT2D eigenvalue weighted by molar-refractivity contribution is 5.92. The van der Waals surface area contributed by atoms with Crippen LogP contribution in [0.15, 0.2) is 42.1 Å². The average molecular weight is 303 g/mol. The van der Waals surface area contributed by atoms with Gasteiger partial charge >= 0.3 is 12.1 Å². The van der Waals surface area contributed by atoms with Crippen molar-refractivity contribution in [3.05, 3.63) is 47.7 Å². The minimum Gasteiger partial charge on any atom is -0.464 e. The Morgan fingerprint density at radius 1 is 1.27 bits per heavy atom. The van der Waals surface area contributed by atoms with Crippen molar-refractivity contribution < 1.29 is 19.1 Å². The van der Waals surface area contributed by atoms with Gasteiger partial charge in [-0.3, -0.25) is 5.32 Å². The van der Waals surface area contributed by atoms with Crippen LogP contribution in [0.2, 0.25) is 0 Å². The number of benzene rings is 1. The molecule has 2 rings (SSSR count). The molecule has 118 valence electrons. The van der Waals surface area contributed by atoms with E-state index in [9.17, 15) is 9.59 Å². The molecule has 0 atom stereocenters. The molecule has 0 radical (unpaired) electrons. The van der Waals surface area contributed by atoms with Crippen LogP contribution in [0.3, 0.4) is 0 Å². The summed E-state index contributed by atoms with van der Waals surface area (Å²) in [6, 6.07) is 9.35. The molecule has 1 amide bonds. The number of rotatable bonds is 5. The Kier molecular flexibility index (Phi) is 5.58. The van der Waals surface area contributed by atoms with Crippen LogP contribution in [0.5, 0.6) is 0 Å². The van der Waals surface area contributed by atoms with E-state index in [4.69, 9.17) is 9.47 Å². The van der Waals surface area contributed by atoms with Crippen molar-refractivity contribution in [1.29, 1.82) is 0 Å². The fourth-order valence-corrected chi connectivity index (χ4v) is 2.48. The molecular weight excluding hydrogens is 282 g/mol. The molecule has 0 spiro atoms. The van der Waals surface area contributed by atoms with Crippen LogP contribution < -0.4 is 5.32 Å². The standard InChI is InChI=1S/C17H21NO4/c1-12-8-14(9-12)10-15(16(19)21-2)18-17(20)22-11-13-6-4-3-5-7-13/h3-7,10,12,14H,8-9,11H2,1-2H3,(H,18,20)/b15-10-/t12-,14-. The van der Waals surface area contributed by atoms with E-state index in [0.717, 1.165) is 18.4 Å². The summed E-state index contributed by atoms with van der Waals surface area (Å²) in [6.45, 7) is 2.31. The minimum atomic E-state index is -0.659. The molecule has 22 heavy (non-hydrogen) atoms. The van der Waals surface area contributed by atoms with Gasteiger partial charge in [0, 0.05) is 0 Å². The molecular formula is C17H21NO4. The predicted molar refractivity (Wildman–Crippen MR) is 81.7 cm³/mol. The third-order valence-corrected chi connectivity index (χ3v) is 3.67. The summed E-state index contributed by atoms with van der Waals surface area (Å²) in [5, 5.41) is 2.48. The Bertz CT molecular complexity index is 547. The molecule has 1 N–H and O–H groups in total. The Morgan fingerprint density at radius 3 is 2.55 bits per heavy atom. The van der Waals surface area contributed by atoms with Gasteiger partial charge in [-0.1, -0.05) is 43.3 Å². The molecule has 1 aromatic rings. The third-order valence-electron chi connectivity index (χ3n) is 3.67. The number of alkyl carbamates (subject to hydrolysis) is 1. The van der Waals surface area contributed by atoms with E-state index >= 15 is 0 Å². The second kappa shape index (κ2) is 7.64. The van der Waals surface area contributed by atoms with E-state index in [1.165, 1.54) is 7.11 Å². The van der Waals surface area contributed by atoms with E-state index in [2.05, 4.69) is 12.2 Å². The molecule has 0 aromatic heterocycles. The Morgan fingerprint density at radius 2 is 1.95 bits per heavy atom. The van der Waals surface area contributed by atoms with Gasteiger partial charge < -0.3 is 9.47 Å². The molecule has 0 heterocycles. The lowest BCUT2D eigenvalue weighted by atomic mass is 9.76. The van der Waals surface area contributed by atoms with Crippen LogP contribution in [0.4, 0.5) is 4.79 Å². The first-order chi connectivity index (χ1) is 10.6. The molecule has 0 saturated heterocycles. The number of carbonyl (C=O) groups is 2. The van der Waals surface area contributed by atoms with Crippen molar-refractivity contribution in [3.63, 3.8) is 0 Å². The lowest BCUT2D eigenvalue weighted by molar-refractivity contribution is -0.136. The van der Waals surface area contributed by atoms with Crippen LogP contribution >= 0.6 is 0 Å². The van der Waals surface area contributed by atoms with Crippen molar-refractivity contribution >= 4 is 12.1 Å². The summed E-state index contributed by atoms with van der Waals surface area (Å²) in [6.07, 6.45) is 3.13. The zero-order chi connectivity index (χ0) is 15.9. The number of carbonyl (C=O) groups excluding carboxylic acids is 2. The number of nitrogens with one attached hydrogen (secondary N) is 1. The number of allylic oxidation sites excluding steroid dienone is 1. The van der Waals surface area contributed by atoms with E-state index < -0.39 is 12.1 Å². The average Bonchev–Trinajstić information content (AvgIpc) is 2.50. The summed E-state index contributed by atoms with van der Waals surface area (Å²) in [7, 11) is 1.29. The molecule has 0 bridgehead atoms. The SMILES string of the molecule is COC(=O)/C(=C/[C@H]1C[C@H](C)C1)NC(=O)OCc1ccccc1. The summed E-state index contributed by atoms with van der Waals surface area (Å²) in [4.78, 5) is 23.5. The van der Waals surface area contributed by atoms with Gasteiger partial charge in [-0.2, -0.15) is 0 Å². The lowest BCUT2D eigenvalue weighted by Crippen LogP contribution is -2.30. The maximum atomic E-state index is 11.8. The second-order valence-electron chi connectivity index (χ2n) is 5.60. The molecule has 0 aliphatic heterocycles. The minimum absolute atomic E-state index is 0.150. The van der Waals surface area contributed by atoms with Crippen LogP contribution in [0.1, 0.15) is 25.3 Å². The topological polar surface area (TPSA) is 64.6 Å². The Hall–Kier alpha value is -2.30. The maximum absolute atomic E-state index is 11.8. The number of ether oxygens (including phenoxy) is 2. The molecule has 1 aliphatic rings. The number of methoxy groups -OCH3 is 1. The molecule has 5 nitrogen and oxygen atoms in total. The van der Waals surface area contributed by atoms with E-state index in [1.807, 2.05) is 30.3 Å². The molecule has 1 saturated carbocycles. The Balaban J connectivity index is 1.89. The van der Waals surface area contributed by atoms with Crippen molar-refractivity contribution in [2.75, 3.05) is 7.11 Å². The number of esters is 1. The first-order valence-corrected chi connectivity index (χ1v) is 7.36. The number of hydrogen-bond acceptors (Lipinski definition) is 4. The highest BCUT2D eigenvalue weighted by atomic mass is 16.6. The van der Waals surface area contributed by atoms with Crippen molar-refractivity contribution in [3.8, 4) is 0 Å². The highest BCUT2D eigenvalue weighted by Crippen LogP contribution is 2.34. The number of hydrogen-bond donors (Lipinski definition) is 1. The van der Waals surface area contributed by atoms with Gasteiger partial charge in [-0.25, -0.2) is 9.59 Å². The van der Waals surface area contributed by atoms with Crippen molar-refractivity contribution in [1.82, 2.24) is 5.32 Å². The van der Waals surface area contributed by atoms with Crippen molar-refractivity contribution in [2.24, 2.45) is 11.8 Å². The smallest absolute Gasteiger partial charge is 0.412 e. The lowest BCUT2D eigenvalue weighted by Gasteiger charge is -2.30. The van der Waals surface area contributed by atoms with Gasteiger partial charge in [0.2, 0.25) is 0 Å². The van der Waals surface area contributed by atoms with Gasteiger partial charge in [0.05, 0.1) is 7.11 Å². The normalized spacial score (nSPS) is 20.7. The first-order valence-electron chi connectivity index (χ1n) is 7.36. The fraction of sp³-hybridized carbons (Fsp3) is 0.412. The van der Waals surface area contributed by atoms with Crippen LogP contribution in [-0.2, 0) is 20.9 Å². The van der Waals surface area contributed by atoms with Gasteiger partial charge in [-0.15, -0.1) is 0 Å². The summed E-state index contributed by atoms with van der Waals surface area (Å²) >= 11 is 0. The largest absolute Gasteiger partial charge is 0.464 e. The monoisotopic (exact) mass is 303 g/mol. The summed E-state index contributed by atoms with van der Waals surface area (Å²) < 4.78 is 9.80. The van der Waals surface area contributed by atoms with Crippen LogP contribution in [0.25, 0.3) is 0 Å². The molecule has 0 unspecified atom stereocenters. The van der Waals surface area contributed by atoms with E-state index in [1.54, 1.807) is 6.08 Å². The zero-order valence-corrected chi connectivity index (χ0v) is 12.9. The first kappa shape index (κ1) is 16.1. The fourth-order valence-electron chi connectivity index (χ4n) is 2.48. The zero-order valence-electron chi connectivity index (χ0n) is 12.9. The van der Waals surface area contributed by atoms with Gasteiger partial charge in [0.15, 0.2) is 0 Å².